The van der Waals surface area contributed by atoms with Crippen molar-refractivity contribution in [3.63, 3.8) is 0 Å². The third-order valence-corrected chi connectivity index (χ3v) is 4.74. The normalized spacial score (nSPS) is 29.9. The van der Waals surface area contributed by atoms with Crippen LogP contribution < -0.4 is 0 Å². The molecule has 1 aromatic carbocycles. The van der Waals surface area contributed by atoms with Crippen molar-refractivity contribution in [3.05, 3.63) is 34.1 Å². The number of hydrogen-bond donors (Lipinski definition) is 1. The van der Waals surface area contributed by atoms with E-state index in [0.29, 0.717) is 12.6 Å². The van der Waals surface area contributed by atoms with Crippen LogP contribution in [-0.2, 0) is 11.3 Å². The minimum absolute atomic E-state index is 0.115. The van der Waals surface area contributed by atoms with Crippen molar-refractivity contribution >= 4 is 21.9 Å². The third-order valence-electron chi connectivity index (χ3n) is 4.29. The standard InChI is InChI=1S/C14H15BrFNO2/c15-9-3-8(4-10(16)5-9)7-17-11-1-2-13(17)12(6-11)14(18)19/h3-5,11-13H,1-2,6-7H2,(H,18,19). The van der Waals surface area contributed by atoms with Gasteiger partial charge in [0.1, 0.15) is 5.82 Å². The lowest BCUT2D eigenvalue weighted by molar-refractivity contribution is -0.142. The Bertz CT molecular complexity index is 502. The predicted octanol–water partition coefficient (Wildman–Crippen LogP) is 3.03. The summed E-state index contributed by atoms with van der Waals surface area (Å²) in [6, 6.07) is 5.31. The molecule has 2 bridgehead atoms. The predicted molar refractivity (Wildman–Crippen MR) is 72.2 cm³/mol. The molecule has 0 saturated carbocycles. The first-order chi connectivity index (χ1) is 9.04. The Labute approximate surface area is 119 Å². The van der Waals surface area contributed by atoms with Crippen LogP contribution in [0.5, 0.6) is 0 Å². The first kappa shape index (κ1) is 13.1. The fourth-order valence-electron chi connectivity index (χ4n) is 3.53. The van der Waals surface area contributed by atoms with Crippen LogP contribution in [0.1, 0.15) is 24.8 Å². The molecular formula is C14H15BrFNO2. The molecule has 0 spiro atoms. The molecular weight excluding hydrogens is 313 g/mol. The van der Waals surface area contributed by atoms with Gasteiger partial charge in [0.05, 0.1) is 5.92 Å². The van der Waals surface area contributed by atoms with E-state index in [0.717, 1.165) is 29.3 Å². The third kappa shape index (κ3) is 2.41. The molecule has 3 unspecified atom stereocenters. The molecule has 2 fully saturated rings. The highest BCUT2D eigenvalue weighted by Gasteiger charge is 2.48. The lowest BCUT2D eigenvalue weighted by Gasteiger charge is -2.22. The Balaban J connectivity index is 1.79. The highest BCUT2D eigenvalue weighted by Crippen LogP contribution is 2.42. The number of benzene rings is 1. The number of carboxylic acid groups (broad SMARTS) is 1. The molecule has 2 aliphatic heterocycles. The molecule has 0 amide bonds. The van der Waals surface area contributed by atoms with Crippen LogP contribution in [0, 0.1) is 11.7 Å². The van der Waals surface area contributed by atoms with Crippen molar-refractivity contribution in [2.24, 2.45) is 5.92 Å². The molecule has 2 aliphatic rings. The molecule has 2 saturated heterocycles. The van der Waals surface area contributed by atoms with Gasteiger partial charge >= 0.3 is 5.97 Å². The van der Waals surface area contributed by atoms with Crippen LogP contribution in [-0.4, -0.2) is 28.1 Å². The number of nitrogens with zero attached hydrogens (tertiary/aromatic N) is 1. The summed E-state index contributed by atoms with van der Waals surface area (Å²) in [7, 11) is 0. The van der Waals surface area contributed by atoms with Gasteiger partial charge < -0.3 is 5.11 Å². The van der Waals surface area contributed by atoms with Crippen LogP contribution in [0.4, 0.5) is 4.39 Å². The Kier molecular flexibility index (Phi) is 3.35. The summed E-state index contributed by atoms with van der Waals surface area (Å²) in [6.45, 7) is 0.634. The summed E-state index contributed by atoms with van der Waals surface area (Å²) in [5, 5.41) is 9.21. The monoisotopic (exact) mass is 327 g/mol. The van der Waals surface area contributed by atoms with E-state index in [-0.39, 0.29) is 17.8 Å². The van der Waals surface area contributed by atoms with E-state index in [1.165, 1.54) is 12.1 Å². The first-order valence-corrected chi connectivity index (χ1v) is 7.27. The van der Waals surface area contributed by atoms with Crippen molar-refractivity contribution in [1.29, 1.82) is 0 Å². The molecule has 5 heteroatoms. The zero-order chi connectivity index (χ0) is 13.6. The second-order valence-electron chi connectivity index (χ2n) is 5.43. The molecule has 0 aliphatic carbocycles. The quantitative estimate of drug-likeness (QED) is 0.927. The minimum Gasteiger partial charge on any atom is -0.481 e. The van der Waals surface area contributed by atoms with Gasteiger partial charge in [-0.05, 0) is 43.0 Å². The Morgan fingerprint density at radius 3 is 2.84 bits per heavy atom. The molecule has 0 aromatic heterocycles. The van der Waals surface area contributed by atoms with Gasteiger partial charge in [0, 0.05) is 23.1 Å². The maximum absolute atomic E-state index is 13.4. The first-order valence-electron chi connectivity index (χ1n) is 6.48. The van der Waals surface area contributed by atoms with Gasteiger partial charge in [-0.3, -0.25) is 9.69 Å². The number of rotatable bonds is 3. The minimum atomic E-state index is -0.697. The van der Waals surface area contributed by atoms with Crippen molar-refractivity contribution < 1.29 is 14.3 Å². The number of halogens is 2. The average Bonchev–Trinajstić information content (AvgIpc) is 2.85. The summed E-state index contributed by atoms with van der Waals surface area (Å²) < 4.78 is 14.1. The van der Waals surface area contributed by atoms with Crippen molar-refractivity contribution in [3.8, 4) is 0 Å². The number of aliphatic carboxylic acids is 1. The maximum atomic E-state index is 13.4. The van der Waals surface area contributed by atoms with Gasteiger partial charge in [0.25, 0.3) is 0 Å². The lowest BCUT2D eigenvalue weighted by Crippen LogP contribution is -2.32. The van der Waals surface area contributed by atoms with Gasteiger partial charge in [-0.1, -0.05) is 15.9 Å². The fourth-order valence-corrected chi connectivity index (χ4v) is 4.04. The van der Waals surface area contributed by atoms with E-state index < -0.39 is 5.97 Å². The van der Waals surface area contributed by atoms with Gasteiger partial charge in [-0.25, -0.2) is 4.39 Å². The van der Waals surface area contributed by atoms with Gasteiger partial charge in [0.2, 0.25) is 0 Å². The number of fused-ring (bicyclic) bond motifs is 2. The summed E-state index contributed by atoms with van der Waals surface area (Å²) in [5.41, 5.74) is 0.898. The summed E-state index contributed by atoms with van der Waals surface area (Å²) in [4.78, 5) is 13.4. The van der Waals surface area contributed by atoms with Crippen LogP contribution in [0.25, 0.3) is 0 Å². The van der Waals surface area contributed by atoms with Crippen molar-refractivity contribution in [2.75, 3.05) is 0 Å². The zero-order valence-electron chi connectivity index (χ0n) is 10.4. The van der Waals surface area contributed by atoms with Crippen LogP contribution >= 0.6 is 15.9 Å². The largest absolute Gasteiger partial charge is 0.481 e. The Morgan fingerprint density at radius 2 is 2.21 bits per heavy atom. The molecule has 0 radical (unpaired) electrons. The molecule has 2 heterocycles. The molecule has 19 heavy (non-hydrogen) atoms. The van der Waals surface area contributed by atoms with Gasteiger partial charge in [-0.2, -0.15) is 0 Å². The van der Waals surface area contributed by atoms with Crippen LogP contribution in [0.15, 0.2) is 22.7 Å². The Hall–Kier alpha value is -0.940. The number of carboxylic acids is 1. The van der Waals surface area contributed by atoms with Gasteiger partial charge in [-0.15, -0.1) is 0 Å². The molecule has 3 atom stereocenters. The molecule has 3 nitrogen and oxygen atoms in total. The van der Waals surface area contributed by atoms with E-state index in [9.17, 15) is 14.3 Å². The fraction of sp³-hybridized carbons (Fsp3) is 0.500. The zero-order valence-corrected chi connectivity index (χ0v) is 11.9. The highest BCUT2D eigenvalue weighted by atomic mass is 79.9. The van der Waals surface area contributed by atoms with E-state index in [4.69, 9.17) is 0 Å². The smallest absolute Gasteiger partial charge is 0.308 e. The number of carbonyl (C=O) groups is 1. The SMILES string of the molecule is O=C(O)C1CC2CCC1N2Cc1cc(F)cc(Br)c1. The lowest BCUT2D eigenvalue weighted by atomic mass is 9.89. The Morgan fingerprint density at radius 1 is 1.42 bits per heavy atom. The van der Waals surface area contributed by atoms with E-state index in [1.54, 1.807) is 0 Å². The topological polar surface area (TPSA) is 40.5 Å². The van der Waals surface area contributed by atoms with E-state index >= 15 is 0 Å². The average molecular weight is 328 g/mol. The van der Waals surface area contributed by atoms with Crippen LogP contribution in [0.2, 0.25) is 0 Å². The molecule has 102 valence electrons. The maximum Gasteiger partial charge on any atom is 0.308 e. The van der Waals surface area contributed by atoms with Gasteiger partial charge in [0.15, 0.2) is 0 Å². The highest BCUT2D eigenvalue weighted by molar-refractivity contribution is 9.10. The molecule has 1 aromatic rings. The second kappa shape index (κ2) is 4.87. The molecule has 1 N–H and O–H groups in total. The second-order valence-corrected chi connectivity index (χ2v) is 6.34. The van der Waals surface area contributed by atoms with Crippen LogP contribution in [0.3, 0.4) is 0 Å². The summed E-state index contributed by atoms with van der Waals surface area (Å²) >= 11 is 3.29. The summed E-state index contributed by atoms with van der Waals surface area (Å²) in [5.74, 6) is -1.21. The molecule has 3 rings (SSSR count). The van der Waals surface area contributed by atoms with Crippen molar-refractivity contribution in [2.45, 2.75) is 37.9 Å². The summed E-state index contributed by atoms with van der Waals surface area (Å²) in [6.07, 6.45) is 2.74. The number of hydrogen-bond acceptors (Lipinski definition) is 2. The van der Waals surface area contributed by atoms with E-state index in [2.05, 4.69) is 20.8 Å². The van der Waals surface area contributed by atoms with E-state index in [1.807, 2.05) is 6.07 Å². The van der Waals surface area contributed by atoms with Crippen molar-refractivity contribution in [1.82, 2.24) is 4.90 Å².